The number of ether oxygens (including phenoxy) is 2. The van der Waals surface area contributed by atoms with Gasteiger partial charge in [-0.15, -0.1) is 0 Å². The second kappa shape index (κ2) is 6.66. The van der Waals surface area contributed by atoms with Crippen LogP contribution in [0.5, 0.6) is 5.75 Å². The van der Waals surface area contributed by atoms with E-state index in [2.05, 4.69) is 0 Å². The van der Waals surface area contributed by atoms with Gasteiger partial charge in [0.1, 0.15) is 22.5 Å². The molecule has 124 valence electrons. The van der Waals surface area contributed by atoms with Crippen LogP contribution in [0.4, 0.5) is 0 Å². The average molecular weight is 337 g/mol. The number of esters is 1. The molecule has 0 amide bonds. The largest absolute Gasteiger partial charge is 0.744 e. The third-order valence-corrected chi connectivity index (χ3v) is 4.30. The number of rotatable bonds is 5. The summed E-state index contributed by atoms with van der Waals surface area (Å²) in [5, 5.41) is 0.629. The van der Waals surface area contributed by atoms with Gasteiger partial charge in [0.25, 0.3) is 0 Å². The second-order valence-electron chi connectivity index (χ2n) is 5.35. The van der Waals surface area contributed by atoms with E-state index in [4.69, 9.17) is 9.47 Å². The fraction of sp³-hybridized carbons (Fsp3) is 0.312. The van der Waals surface area contributed by atoms with Gasteiger partial charge in [-0.05, 0) is 17.5 Å². The smallest absolute Gasteiger partial charge is 0.337 e. The maximum absolute atomic E-state index is 11.7. The van der Waals surface area contributed by atoms with E-state index >= 15 is 0 Å². The molecule has 2 aromatic rings. The highest BCUT2D eigenvalue weighted by molar-refractivity contribution is 7.86. The Labute approximate surface area is 134 Å². The average Bonchev–Trinajstić information content (AvgIpc) is 2.45. The number of hydrogen-bond acceptors (Lipinski definition) is 6. The van der Waals surface area contributed by atoms with Gasteiger partial charge in [0.05, 0.1) is 4.90 Å². The lowest BCUT2D eigenvalue weighted by atomic mass is 9.98. The molecule has 0 radical (unpaired) electrons. The van der Waals surface area contributed by atoms with Gasteiger partial charge in [-0.3, -0.25) is 0 Å². The minimum Gasteiger partial charge on any atom is -0.744 e. The third kappa shape index (κ3) is 3.69. The van der Waals surface area contributed by atoms with E-state index in [9.17, 15) is 17.8 Å². The Hall–Kier alpha value is -1.96. The van der Waals surface area contributed by atoms with Crippen molar-refractivity contribution in [2.24, 2.45) is 0 Å². The van der Waals surface area contributed by atoms with Crippen LogP contribution in [-0.4, -0.2) is 32.7 Å². The Balaban J connectivity index is 2.78. The molecule has 0 saturated heterocycles. The minimum absolute atomic E-state index is 0.207. The van der Waals surface area contributed by atoms with Crippen LogP contribution in [0.15, 0.2) is 35.2 Å². The van der Waals surface area contributed by atoms with Gasteiger partial charge < -0.3 is 14.0 Å². The summed E-state index contributed by atoms with van der Waals surface area (Å²) in [5.74, 6) is -0.637. The molecule has 0 aliphatic heterocycles. The third-order valence-electron chi connectivity index (χ3n) is 3.34. The first-order valence-electron chi connectivity index (χ1n) is 6.97. The molecule has 0 saturated carbocycles. The van der Waals surface area contributed by atoms with Gasteiger partial charge in [-0.25, -0.2) is 13.2 Å². The molecule has 0 aromatic heterocycles. The lowest BCUT2D eigenvalue weighted by molar-refractivity contribution is -0.138. The van der Waals surface area contributed by atoms with Crippen LogP contribution in [0.1, 0.15) is 25.3 Å². The van der Waals surface area contributed by atoms with E-state index in [1.807, 2.05) is 0 Å². The van der Waals surface area contributed by atoms with E-state index in [1.54, 1.807) is 32.0 Å². The van der Waals surface area contributed by atoms with E-state index in [1.165, 1.54) is 19.2 Å². The predicted octanol–water partition coefficient (Wildman–Crippen LogP) is 2.42. The Morgan fingerprint density at radius 3 is 2.35 bits per heavy atom. The molecule has 23 heavy (non-hydrogen) atoms. The SMILES string of the molecule is COCC(=O)Oc1cc(C(C)C)c(S(=O)(=O)[O-])c2ccccc12. The van der Waals surface area contributed by atoms with Crippen molar-refractivity contribution in [2.45, 2.75) is 24.7 Å². The molecule has 0 unspecified atom stereocenters. The highest BCUT2D eigenvalue weighted by Crippen LogP contribution is 2.37. The maximum Gasteiger partial charge on any atom is 0.337 e. The maximum atomic E-state index is 11.7. The molecule has 0 fully saturated rings. The molecule has 0 atom stereocenters. The van der Waals surface area contributed by atoms with Crippen LogP contribution in [0.2, 0.25) is 0 Å². The van der Waals surface area contributed by atoms with E-state index in [0.717, 1.165) is 0 Å². The van der Waals surface area contributed by atoms with Gasteiger partial charge in [0, 0.05) is 17.9 Å². The van der Waals surface area contributed by atoms with Crippen molar-refractivity contribution in [2.75, 3.05) is 13.7 Å². The normalized spacial score (nSPS) is 11.9. The molecule has 0 heterocycles. The van der Waals surface area contributed by atoms with Gasteiger partial charge in [0.15, 0.2) is 0 Å². The van der Waals surface area contributed by atoms with Gasteiger partial charge in [0.2, 0.25) is 0 Å². The minimum atomic E-state index is -4.68. The topological polar surface area (TPSA) is 92.7 Å². The van der Waals surface area contributed by atoms with Crippen molar-refractivity contribution in [3.8, 4) is 5.75 Å². The highest BCUT2D eigenvalue weighted by Gasteiger charge is 2.20. The van der Waals surface area contributed by atoms with Crippen molar-refractivity contribution in [3.63, 3.8) is 0 Å². The van der Waals surface area contributed by atoms with Crippen LogP contribution in [-0.2, 0) is 19.6 Å². The molecule has 0 aliphatic carbocycles. The molecule has 0 aliphatic rings. The van der Waals surface area contributed by atoms with Crippen molar-refractivity contribution in [1.29, 1.82) is 0 Å². The molecule has 0 N–H and O–H groups in total. The van der Waals surface area contributed by atoms with Gasteiger partial charge >= 0.3 is 5.97 Å². The summed E-state index contributed by atoms with van der Waals surface area (Å²) in [6.07, 6.45) is 0. The zero-order valence-electron chi connectivity index (χ0n) is 13.0. The summed E-state index contributed by atoms with van der Waals surface area (Å²) in [6.45, 7) is 3.30. The number of hydrogen-bond donors (Lipinski definition) is 0. The lowest BCUT2D eigenvalue weighted by Crippen LogP contribution is -2.15. The zero-order valence-corrected chi connectivity index (χ0v) is 13.8. The second-order valence-corrected chi connectivity index (χ2v) is 6.67. The number of carbonyl (C=O) groups excluding carboxylic acids is 1. The first-order chi connectivity index (χ1) is 10.8. The standard InChI is InChI=1S/C16H18O6S/c1-10(2)13-8-14(22-15(17)9-21-3)11-6-4-5-7-12(11)16(13)23(18,19)20/h4-8,10H,9H2,1-3H3,(H,18,19,20)/p-1. The Bertz CT molecular complexity index is 839. The van der Waals surface area contributed by atoms with Gasteiger partial charge in [-0.1, -0.05) is 38.1 Å². The quantitative estimate of drug-likeness (QED) is 0.472. The summed E-state index contributed by atoms with van der Waals surface area (Å²) < 4.78 is 45.2. The van der Waals surface area contributed by atoms with E-state index in [0.29, 0.717) is 10.9 Å². The predicted molar refractivity (Wildman–Crippen MR) is 83.5 cm³/mol. The van der Waals surface area contributed by atoms with Crippen molar-refractivity contribution in [1.82, 2.24) is 0 Å². The summed E-state index contributed by atoms with van der Waals surface area (Å²) in [6, 6.07) is 7.86. The summed E-state index contributed by atoms with van der Waals surface area (Å²) >= 11 is 0. The fourth-order valence-electron chi connectivity index (χ4n) is 2.40. The molecular formula is C16H17O6S-. The van der Waals surface area contributed by atoms with Crippen LogP contribution in [0.25, 0.3) is 10.8 Å². The van der Waals surface area contributed by atoms with Crippen LogP contribution in [0, 0.1) is 0 Å². The first-order valence-corrected chi connectivity index (χ1v) is 8.37. The van der Waals surface area contributed by atoms with Crippen molar-refractivity contribution >= 4 is 26.9 Å². The van der Waals surface area contributed by atoms with Crippen LogP contribution < -0.4 is 4.74 Å². The molecule has 7 heteroatoms. The summed E-state index contributed by atoms with van der Waals surface area (Å²) in [7, 11) is -3.31. The lowest BCUT2D eigenvalue weighted by Gasteiger charge is -2.20. The number of benzene rings is 2. The fourth-order valence-corrected chi connectivity index (χ4v) is 3.43. The van der Waals surface area contributed by atoms with E-state index < -0.39 is 16.1 Å². The summed E-state index contributed by atoms with van der Waals surface area (Å²) in [5.41, 5.74) is 0.318. The van der Waals surface area contributed by atoms with Crippen molar-refractivity contribution < 1.29 is 27.2 Å². The monoisotopic (exact) mass is 337 g/mol. The first kappa shape index (κ1) is 17.4. The number of methoxy groups -OCH3 is 1. The Kier molecular flexibility index (Phi) is 5.03. The molecule has 0 bridgehead atoms. The molecule has 6 nitrogen and oxygen atoms in total. The number of fused-ring (bicyclic) bond motifs is 1. The molecule has 2 rings (SSSR count). The van der Waals surface area contributed by atoms with Crippen LogP contribution in [0.3, 0.4) is 0 Å². The summed E-state index contributed by atoms with van der Waals surface area (Å²) in [4.78, 5) is 11.4. The zero-order chi connectivity index (χ0) is 17.2. The Morgan fingerprint density at radius 2 is 1.83 bits per heavy atom. The number of carbonyl (C=O) groups is 1. The van der Waals surface area contributed by atoms with Gasteiger partial charge in [-0.2, -0.15) is 0 Å². The van der Waals surface area contributed by atoms with Crippen LogP contribution >= 0.6 is 0 Å². The Morgan fingerprint density at radius 1 is 1.22 bits per heavy atom. The van der Waals surface area contributed by atoms with E-state index in [-0.39, 0.29) is 28.6 Å². The molecular weight excluding hydrogens is 320 g/mol. The molecule has 0 spiro atoms. The molecule has 2 aromatic carbocycles. The highest BCUT2D eigenvalue weighted by atomic mass is 32.2. The van der Waals surface area contributed by atoms with Crippen molar-refractivity contribution in [3.05, 3.63) is 35.9 Å².